The van der Waals surface area contributed by atoms with E-state index in [1.54, 1.807) is 0 Å². The molecule has 5 aliphatic rings. The van der Waals surface area contributed by atoms with Crippen LogP contribution in [0, 0.1) is 5.92 Å². The predicted molar refractivity (Wildman–Crippen MR) is 93.8 cm³/mol. The molecule has 0 amide bonds. The highest BCUT2D eigenvalue weighted by Gasteiger charge is 2.38. The van der Waals surface area contributed by atoms with Gasteiger partial charge in [-0.1, -0.05) is 6.92 Å². The number of nitrogens with one attached hydrogen (secondary N) is 2. The molecule has 3 atom stereocenters. The summed E-state index contributed by atoms with van der Waals surface area (Å²) in [5, 5.41) is 7.26. The average molecular weight is 320 g/mol. The topological polar surface area (TPSA) is 46.1 Å². The van der Waals surface area contributed by atoms with Crippen molar-refractivity contribution in [2.24, 2.45) is 10.9 Å². The molecule has 5 fully saturated rings. The van der Waals surface area contributed by atoms with Gasteiger partial charge in [0.2, 0.25) is 0 Å². The van der Waals surface area contributed by atoms with Gasteiger partial charge in [0.1, 0.15) is 0 Å². The van der Waals surface area contributed by atoms with E-state index < -0.39 is 0 Å². The van der Waals surface area contributed by atoms with Crippen molar-refractivity contribution < 1.29 is 0 Å². The summed E-state index contributed by atoms with van der Waals surface area (Å²) in [4.78, 5) is 12.3. The highest BCUT2D eigenvalue weighted by molar-refractivity contribution is 5.80. The first-order chi connectivity index (χ1) is 11.2. The number of nitrogens with zero attached hydrogens (tertiary/aromatic N) is 4. The van der Waals surface area contributed by atoms with Crippen molar-refractivity contribution in [3.63, 3.8) is 0 Å². The molecule has 6 nitrogen and oxygen atoms in total. The third-order valence-corrected chi connectivity index (χ3v) is 6.15. The van der Waals surface area contributed by atoms with E-state index >= 15 is 0 Å². The first-order valence-corrected chi connectivity index (χ1v) is 9.40. The van der Waals surface area contributed by atoms with E-state index in [0.29, 0.717) is 18.0 Å². The van der Waals surface area contributed by atoms with Gasteiger partial charge in [-0.2, -0.15) is 0 Å². The first kappa shape index (κ1) is 15.7. The Bertz CT molecular complexity index is 440. The van der Waals surface area contributed by atoms with E-state index in [0.717, 1.165) is 18.5 Å². The Morgan fingerprint density at radius 1 is 1.04 bits per heavy atom. The molecular formula is C17H32N6. The van der Waals surface area contributed by atoms with Gasteiger partial charge in [0.15, 0.2) is 5.96 Å². The van der Waals surface area contributed by atoms with Gasteiger partial charge in [-0.3, -0.25) is 19.7 Å². The van der Waals surface area contributed by atoms with E-state index in [1.807, 2.05) is 7.05 Å². The molecule has 23 heavy (non-hydrogen) atoms. The Kier molecular flexibility index (Phi) is 4.48. The van der Waals surface area contributed by atoms with Gasteiger partial charge in [0.25, 0.3) is 0 Å². The summed E-state index contributed by atoms with van der Waals surface area (Å²) >= 11 is 0. The number of guanidine groups is 1. The number of fused-ring (bicyclic) bond motifs is 3. The normalized spacial score (nSPS) is 41.3. The molecule has 4 aliphatic heterocycles. The average Bonchev–Trinajstić information content (AvgIpc) is 3.37. The van der Waals surface area contributed by atoms with Crippen LogP contribution >= 0.6 is 0 Å². The maximum absolute atomic E-state index is 4.46. The van der Waals surface area contributed by atoms with Crippen LogP contribution in [-0.2, 0) is 0 Å². The van der Waals surface area contributed by atoms with Crippen molar-refractivity contribution in [2.75, 3.05) is 59.4 Å². The molecule has 0 radical (unpaired) electrons. The molecule has 3 unspecified atom stereocenters. The standard InChI is InChI=1S/C17H32N6/c1-13-10-23(14-3-4-14)12-16(13)20-17(18-2)19-9-15-11-21-5-7-22(15)8-6-21/h13-16H,3-12H2,1-2H3,(H2,18,19,20). The van der Waals surface area contributed by atoms with Crippen molar-refractivity contribution in [3.05, 3.63) is 0 Å². The molecule has 6 heteroatoms. The molecular weight excluding hydrogens is 288 g/mol. The second-order valence-electron chi connectivity index (χ2n) is 7.86. The van der Waals surface area contributed by atoms with Crippen LogP contribution < -0.4 is 10.6 Å². The van der Waals surface area contributed by atoms with E-state index in [9.17, 15) is 0 Å². The van der Waals surface area contributed by atoms with E-state index in [2.05, 4.69) is 37.2 Å². The molecule has 4 saturated heterocycles. The second-order valence-corrected chi connectivity index (χ2v) is 7.86. The highest BCUT2D eigenvalue weighted by Crippen LogP contribution is 2.31. The lowest BCUT2D eigenvalue weighted by Crippen LogP contribution is -2.64. The minimum absolute atomic E-state index is 0.536. The van der Waals surface area contributed by atoms with Crippen LogP contribution in [0.4, 0.5) is 0 Å². The second kappa shape index (κ2) is 6.57. The van der Waals surface area contributed by atoms with Crippen molar-refractivity contribution in [1.29, 1.82) is 0 Å². The summed E-state index contributed by atoms with van der Waals surface area (Å²) in [6.45, 7) is 12.0. The van der Waals surface area contributed by atoms with Crippen molar-refractivity contribution >= 4 is 5.96 Å². The lowest BCUT2D eigenvalue weighted by atomic mass is 10.1. The third kappa shape index (κ3) is 3.49. The van der Waals surface area contributed by atoms with Gasteiger partial charge < -0.3 is 10.6 Å². The monoisotopic (exact) mass is 320 g/mol. The molecule has 2 bridgehead atoms. The van der Waals surface area contributed by atoms with Gasteiger partial charge in [-0.25, -0.2) is 0 Å². The number of aliphatic imine (C=N–C) groups is 1. The van der Waals surface area contributed by atoms with Gasteiger partial charge >= 0.3 is 0 Å². The summed E-state index contributed by atoms with van der Waals surface area (Å²) < 4.78 is 0. The Hall–Kier alpha value is -0.850. The van der Waals surface area contributed by atoms with Gasteiger partial charge in [0.05, 0.1) is 0 Å². The summed E-state index contributed by atoms with van der Waals surface area (Å²) in [5.41, 5.74) is 0. The molecule has 0 aromatic rings. The molecule has 5 rings (SSSR count). The van der Waals surface area contributed by atoms with Crippen LogP contribution in [0.15, 0.2) is 4.99 Å². The summed E-state index contributed by atoms with van der Waals surface area (Å²) in [6, 6.07) is 2.05. The summed E-state index contributed by atoms with van der Waals surface area (Å²) in [7, 11) is 1.89. The zero-order valence-electron chi connectivity index (χ0n) is 14.7. The third-order valence-electron chi connectivity index (χ3n) is 6.15. The Morgan fingerprint density at radius 3 is 2.43 bits per heavy atom. The van der Waals surface area contributed by atoms with E-state index in [1.165, 1.54) is 58.7 Å². The van der Waals surface area contributed by atoms with E-state index in [-0.39, 0.29) is 0 Å². The van der Waals surface area contributed by atoms with Crippen molar-refractivity contribution in [3.8, 4) is 0 Å². The lowest BCUT2D eigenvalue weighted by molar-refractivity contribution is 0.0154. The molecule has 2 N–H and O–H groups in total. The molecule has 1 saturated carbocycles. The fraction of sp³-hybridized carbons (Fsp3) is 0.941. The largest absolute Gasteiger partial charge is 0.355 e. The van der Waals surface area contributed by atoms with Crippen molar-refractivity contribution in [2.45, 2.75) is 37.9 Å². The quantitative estimate of drug-likeness (QED) is 0.547. The lowest BCUT2D eigenvalue weighted by Gasteiger charge is -2.47. The SMILES string of the molecule is CN=C(NCC1CN2CCN1CC2)NC1CN(C2CC2)CC1C. The maximum Gasteiger partial charge on any atom is 0.191 e. The summed E-state index contributed by atoms with van der Waals surface area (Å²) in [5.74, 6) is 1.69. The number of hydrogen-bond donors (Lipinski definition) is 2. The smallest absolute Gasteiger partial charge is 0.191 e. The van der Waals surface area contributed by atoms with Gasteiger partial charge in [0, 0.05) is 77.5 Å². The molecule has 4 heterocycles. The van der Waals surface area contributed by atoms with Crippen LogP contribution in [0.1, 0.15) is 19.8 Å². The fourth-order valence-corrected chi connectivity index (χ4v) is 4.43. The van der Waals surface area contributed by atoms with Gasteiger partial charge in [-0.15, -0.1) is 0 Å². The Balaban J connectivity index is 1.26. The molecule has 1 aliphatic carbocycles. The van der Waals surface area contributed by atoms with Crippen molar-refractivity contribution in [1.82, 2.24) is 25.3 Å². The predicted octanol–water partition coefficient (Wildman–Crippen LogP) is -0.366. The number of hydrogen-bond acceptors (Lipinski definition) is 4. The van der Waals surface area contributed by atoms with Crippen LogP contribution in [-0.4, -0.2) is 98.2 Å². The molecule has 130 valence electrons. The number of likely N-dealkylation sites (tertiary alicyclic amines) is 1. The van der Waals surface area contributed by atoms with Crippen LogP contribution in [0.5, 0.6) is 0 Å². The molecule has 0 aromatic carbocycles. The van der Waals surface area contributed by atoms with Crippen LogP contribution in [0.2, 0.25) is 0 Å². The van der Waals surface area contributed by atoms with Gasteiger partial charge in [-0.05, 0) is 18.8 Å². The summed E-state index contributed by atoms with van der Waals surface area (Å²) in [6.07, 6.45) is 2.81. The number of piperazine rings is 3. The maximum atomic E-state index is 4.46. The Morgan fingerprint density at radius 2 is 1.83 bits per heavy atom. The molecule has 0 aromatic heterocycles. The minimum atomic E-state index is 0.536. The minimum Gasteiger partial charge on any atom is -0.355 e. The fourth-order valence-electron chi connectivity index (χ4n) is 4.43. The number of rotatable bonds is 4. The molecule has 0 spiro atoms. The Labute approximate surface area is 140 Å². The van der Waals surface area contributed by atoms with E-state index in [4.69, 9.17) is 0 Å². The first-order valence-electron chi connectivity index (χ1n) is 9.40. The van der Waals surface area contributed by atoms with Crippen LogP contribution in [0.25, 0.3) is 0 Å². The zero-order chi connectivity index (χ0) is 15.8. The van der Waals surface area contributed by atoms with Crippen LogP contribution in [0.3, 0.4) is 0 Å². The zero-order valence-corrected chi connectivity index (χ0v) is 14.7. The highest BCUT2D eigenvalue weighted by atomic mass is 15.4.